The third-order valence-corrected chi connectivity index (χ3v) is 5.61. The van der Waals surface area contributed by atoms with Gasteiger partial charge in [-0.15, -0.1) is 11.8 Å². The maximum Gasteiger partial charge on any atom is 0.126 e. The molecule has 1 aromatic heterocycles. The Balaban J connectivity index is 1.69. The first-order chi connectivity index (χ1) is 12.4. The molecule has 1 atom stereocenters. The first-order valence-electron chi connectivity index (χ1n) is 8.23. The molecule has 0 saturated heterocycles. The third-order valence-electron chi connectivity index (χ3n) is 4.32. The molecule has 2 heterocycles. The molecule has 3 aromatic carbocycles. The average Bonchev–Trinajstić information content (AvgIpc) is 3.12. The fourth-order valence-corrected chi connectivity index (χ4v) is 4.30. The Morgan fingerprint density at radius 3 is 2.44 bits per heavy atom. The summed E-state index contributed by atoms with van der Waals surface area (Å²) in [5.41, 5.74) is 5.26. The predicted octanol–water partition coefficient (Wildman–Crippen LogP) is 5.53. The zero-order valence-corrected chi connectivity index (χ0v) is 14.2. The zero-order chi connectivity index (χ0) is 16.6. The molecule has 1 N–H and O–H groups in total. The van der Waals surface area contributed by atoms with Crippen molar-refractivity contribution in [2.45, 2.75) is 10.1 Å². The summed E-state index contributed by atoms with van der Waals surface area (Å²) in [6.07, 6.45) is 0. The highest BCUT2D eigenvalue weighted by Gasteiger charge is 2.29. The molecule has 0 unspecified atom stereocenters. The van der Waals surface area contributed by atoms with Crippen LogP contribution in [0.25, 0.3) is 11.0 Å². The van der Waals surface area contributed by atoms with E-state index in [4.69, 9.17) is 9.98 Å². The molecule has 0 radical (unpaired) electrons. The number of aromatic nitrogens is 2. The molecule has 25 heavy (non-hydrogen) atoms. The van der Waals surface area contributed by atoms with Crippen LogP contribution in [0.3, 0.4) is 0 Å². The van der Waals surface area contributed by atoms with E-state index in [0.717, 1.165) is 33.8 Å². The number of rotatable bonds is 2. The van der Waals surface area contributed by atoms with Gasteiger partial charge in [0, 0.05) is 4.90 Å². The van der Waals surface area contributed by atoms with Gasteiger partial charge in [-0.1, -0.05) is 54.6 Å². The van der Waals surface area contributed by atoms with E-state index in [2.05, 4.69) is 53.5 Å². The summed E-state index contributed by atoms with van der Waals surface area (Å²) in [4.78, 5) is 14.5. The number of hydrogen-bond acceptors (Lipinski definition) is 3. The van der Waals surface area contributed by atoms with E-state index in [9.17, 15) is 0 Å². The van der Waals surface area contributed by atoms with Gasteiger partial charge < -0.3 is 4.98 Å². The van der Waals surface area contributed by atoms with E-state index in [-0.39, 0.29) is 5.25 Å². The SMILES string of the molecule is c1ccc(C2=Nc3ccccc3S[C@@H]2c2nc3ccccc3[nH]2)cc1. The normalized spacial score (nSPS) is 16.5. The highest BCUT2D eigenvalue weighted by Crippen LogP contribution is 2.46. The molecule has 0 amide bonds. The number of nitrogens with zero attached hydrogens (tertiary/aromatic N) is 2. The standard InChI is InChI=1S/C21H15N3S/c1-2-8-14(9-3-1)19-20(25-18-13-7-6-12-17(18)22-19)21-23-15-10-4-5-11-16(15)24-21/h1-13,20H,(H,23,24)/t20-/m0/s1. The van der Waals surface area contributed by atoms with Gasteiger partial charge in [0.2, 0.25) is 0 Å². The van der Waals surface area contributed by atoms with Gasteiger partial charge in [-0.25, -0.2) is 9.98 Å². The van der Waals surface area contributed by atoms with Crippen molar-refractivity contribution in [1.29, 1.82) is 0 Å². The summed E-state index contributed by atoms with van der Waals surface area (Å²) >= 11 is 1.80. The summed E-state index contributed by atoms with van der Waals surface area (Å²) < 4.78 is 0. The van der Waals surface area contributed by atoms with Crippen molar-refractivity contribution in [1.82, 2.24) is 9.97 Å². The smallest absolute Gasteiger partial charge is 0.126 e. The van der Waals surface area contributed by atoms with Crippen LogP contribution in [0.4, 0.5) is 5.69 Å². The average molecular weight is 341 g/mol. The fraction of sp³-hybridized carbons (Fsp3) is 0.0476. The van der Waals surface area contributed by atoms with E-state index in [0.29, 0.717) is 0 Å². The van der Waals surface area contributed by atoms with Gasteiger partial charge in [-0.2, -0.15) is 0 Å². The quantitative estimate of drug-likeness (QED) is 0.521. The van der Waals surface area contributed by atoms with Crippen molar-refractivity contribution >= 4 is 34.2 Å². The Kier molecular flexibility index (Phi) is 3.42. The van der Waals surface area contributed by atoms with E-state index in [1.165, 1.54) is 4.90 Å². The number of H-pyrrole nitrogens is 1. The minimum atomic E-state index is 0.0460. The van der Waals surface area contributed by atoms with Gasteiger partial charge in [-0.05, 0) is 29.8 Å². The van der Waals surface area contributed by atoms with Crippen molar-refractivity contribution in [3.05, 3.63) is 90.3 Å². The van der Waals surface area contributed by atoms with Crippen LogP contribution in [0.15, 0.2) is 88.8 Å². The topological polar surface area (TPSA) is 41.0 Å². The number of thioether (sulfide) groups is 1. The van der Waals surface area contributed by atoms with Crippen molar-refractivity contribution in [2.75, 3.05) is 0 Å². The van der Waals surface area contributed by atoms with Gasteiger partial charge in [0.1, 0.15) is 11.1 Å². The summed E-state index contributed by atoms with van der Waals surface area (Å²) in [7, 11) is 0. The fourth-order valence-electron chi connectivity index (χ4n) is 3.13. The summed E-state index contributed by atoms with van der Waals surface area (Å²) in [5, 5.41) is 0.0460. The molecule has 4 aromatic rings. The number of nitrogens with one attached hydrogen (secondary N) is 1. The highest BCUT2D eigenvalue weighted by atomic mass is 32.2. The maximum absolute atomic E-state index is 4.98. The Bertz CT molecular complexity index is 1050. The second-order valence-electron chi connectivity index (χ2n) is 5.97. The minimum Gasteiger partial charge on any atom is -0.341 e. The molecule has 1 aliphatic rings. The molecular formula is C21H15N3S. The second-order valence-corrected chi connectivity index (χ2v) is 7.11. The van der Waals surface area contributed by atoms with Crippen LogP contribution < -0.4 is 0 Å². The lowest BCUT2D eigenvalue weighted by Crippen LogP contribution is -2.15. The first kappa shape index (κ1) is 14.5. The first-order valence-corrected chi connectivity index (χ1v) is 9.11. The maximum atomic E-state index is 4.98. The minimum absolute atomic E-state index is 0.0460. The molecular weight excluding hydrogens is 326 g/mol. The molecule has 0 bridgehead atoms. The van der Waals surface area contributed by atoms with Crippen LogP contribution in [-0.4, -0.2) is 15.7 Å². The van der Waals surface area contributed by atoms with Gasteiger partial charge in [-0.3, -0.25) is 0 Å². The lowest BCUT2D eigenvalue weighted by Gasteiger charge is -2.23. The highest BCUT2D eigenvalue weighted by molar-refractivity contribution is 8.00. The largest absolute Gasteiger partial charge is 0.341 e. The summed E-state index contributed by atoms with van der Waals surface area (Å²) in [6.45, 7) is 0. The van der Waals surface area contributed by atoms with Gasteiger partial charge in [0.05, 0.1) is 22.4 Å². The summed E-state index contributed by atoms with van der Waals surface area (Å²) in [5.74, 6) is 0.948. The second kappa shape index (κ2) is 5.90. The van der Waals surface area contributed by atoms with Crippen LogP contribution in [0, 0.1) is 0 Å². The van der Waals surface area contributed by atoms with Gasteiger partial charge in [0.25, 0.3) is 0 Å². The van der Waals surface area contributed by atoms with E-state index in [1.54, 1.807) is 11.8 Å². The van der Waals surface area contributed by atoms with Crippen LogP contribution >= 0.6 is 11.8 Å². The molecule has 4 heteroatoms. The molecule has 0 saturated carbocycles. The lowest BCUT2D eigenvalue weighted by molar-refractivity contribution is 1.06. The van der Waals surface area contributed by atoms with Crippen LogP contribution in [0.5, 0.6) is 0 Å². The van der Waals surface area contributed by atoms with Crippen molar-refractivity contribution in [3.8, 4) is 0 Å². The number of aliphatic imine (C=N–C) groups is 1. The number of fused-ring (bicyclic) bond motifs is 2. The molecule has 3 nitrogen and oxygen atoms in total. The monoisotopic (exact) mass is 341 g/mol. The van der Waals surface area contributed by atoms with E-state index in [1.807, 2.05) is 30.3 Å². The Morgan fingerprint density at radius 2 is 1.56 bits per heavy atom. The van der Waals surface area contributed by atoms with Gasteiger partial charge >= 0.3 is 0 Å². The summed E-state index contributed by atoms with van der Waals surface area (Å²) in [6, 6.07) is 26.8. The number of para-hydroxylation sites is 3. The van der Waals surface area contributed by atoms with Crippen LogP contribution in [-0.2, 0) is 0 Å². The van der Waals surface area contributed by atoms with Crippen molar-refractivity contribution in [2.24, 2.45) is 4.99 Å². The van der Waals surface area contributed by atoms with Crippen molar-refractivity contribution < 1.29 is 0 Å². The molecule has 0 spiro atoms. The molecule has 1 aliphatic heterocycles. The third kappa shape index (κ3) is 2.55. The molecule has 0 fully saturated rings. The van der Waals surface area contributed by atoms with Crippen molar-refractivity contribution in [3.63, 3.8) is 0 Å². The predicted molar refractivity (Wildman–Crippen MR) is 104 cm³/mol. The van der Waals surface area contributed by atoms with E-state index < -0.39 is 0 Å². The molecule has 120 valence electrons. The lowest BCUT2D eigenvalue weighted by atomic mass is 10.1. The van der Waals surface area contributed by atoms with Gasteiger partial charge in [0.15, 0.2) is 0 Å². The Hall–Kier alpha value is -2.85. The Morgan fingerprint density at radius 1 is 0.800 bits per heavy atom. The number of benzene rings is 3. The van der Waals surface area contributed by atoms with E-state index >= 15 is 0 Å². The number of hydrogen-bond donors (Lipinski definition) is 1. The van der Waals surface area contributed by atoms with Crippen LogP contribution in [0.2, 0.25) is 0 Å². The number of imidazole rings is 1. The number of aromatic amines is 1. The van der Waals surface area contributed by atoms with Crippen LogP contribution in [0.1, 0.15) is 16.6 Å². The zero-order valence-electron chi connectivity index (χ0n) is 13.4. The Labute approximate surface area is 149 Å². The molecule has 5 rings (SSSR count). The molecule has 0 aliphatic carbocycles.